The summed E-state index contributed by atoms with van der Waals surface area (Å²) in [5, 5.41) is 0.842. The van der Waals surface area contributed by atoms with Crippen molar-refractivity contribution in [2.45, 2.75) is 6.92 Å². The molecule has 0 bridgehead atoms. The van der Waals surface area contributed by atoms with Crippen LogP contribution in [0.4, 0.5) is 0 Å². The molecule has 0 atom stereocenters. The molecule has 0 unspecified atom stereocenters. The van der Waals surface area contributed by atoms with Gasteiger partial charge < -0.3 is 0 Å². The Hall–Kier alpha value is -1.09. The van der Waals surface area contributed by atoms with Gasteiger partial charge in [0.25, 0.3) is 0 Å². The Morgan fingerprint density at radius 3 is 2.56 bits per heavy atom. The summed E-state index contributed by atoms with van der Waals surface area (Å²) in [7, 11) is 0. The summed E-state index contributed by atoms with van der Waals surface area (Å²) >= 11 is 13.3. The lowest BCUT2D eigenvalue weighted by Gasteiger charge is -1.98. The van der Waals surface area contributed by atoms with Crippen molar-refractivity contribution in [2.24, 2.45) is 0 Å². The second kappa shape index (κ2) is 5.70. The van der Waals surface area contributed by atoms with Crippen LogP contribution in [0.5, 0.6) is 0 Å². The lowest BCUT2D eigenvalue weighted by molar-refractivity contribution is 0.104. The van der Waals surface area contributed by atoms with E-state index in [1.165, 1.54) is 4.88 Å². The van der Waals surface area contributed by atoms with Crippen LogP contribution in [0.15, 0.2) is 36.4 Å². The van der Waals surface area contributed by atoms with E-state index < -0.39 is 0 Å². The van der Waals surface area contributed by atoms with Crippen molar-refractivity contribution in [2.75, 3.05) is 0 Å². The number of thiophene rings is 1. The minimum absolute atomic E-state index is 0.0837. The molecule has 1 heterocycles. The van der Waals surface area contributed by atoms with E-state index in [-0.39, 0.29) is 5.78 Å². The van der Waals surface area contributed by atoms with Gasteiger partial charge >= 0.3 is 0 Å². The van der Waals surface area contributed by atoms with E-state index in [2.05, 4.69) is 0 Å². The number of halogens is 2. The molecule has 1 aromatic carbocycles. The van der Waals surface area contributed by atoms with E-state index in [9.17, 15) is 4.79 Å². The zero-order valence-electron chi connectivity index (χ0n) is 9.61. The van der Waals surface area contributed by atoms with Crippen molar-refractivity contribution in [3.8, 4) is 0 Å². The van der Waals surface area contributed by atoms with Gasteiger partial charge in [-0.2, -0.15) is 0 Å². The predicted octanol–water partition coefficient (Wildman–Crippen LogP) is 5.26. The van der Waals surface area contributed by atoms with Crippen LogP contribution in [0.25, 0.3) is 6.08 Å². The van der Waals surface area contributed by atoms with Crippen molar-refractivity contribution in [1.82, 2.24) is 0 Å². The molecular weight excluding hydrogens is 287 g/mol. The topological polar surface area (TPSA) is 17.1 Å². The monoisotopic (exact) mass is 296 g/mol. The molecule has 0 radical (unpaired) electrons. The molecule has 1 nitrogen and oxygen atoms in total. The first-order valence-corrected chi connectivity index (χ1v) is 6.87. The molecule has 0 aliphatic rings. The van der Waals surface area contributed by atoms with Crippen LogP contribution in [0.1, 0.15) is 20.1 Å². The maximum absolute atomic E-state index is 11.9. The first-order chi connectivity index (χ1) is 8.56. The molecule has 0 aliphatic carbocycles. The molecule has 18 heavy (non-hydrogen) atoms. The van der Waals surface area contributed by atoms with Gasteiger partial charge in [-0.3, -0.25) is 4.79 Å². The SMILES string of the molecule is Cc1ccc(/C=C/C(=O)c2ccc(Cl)c(Cl)c2)s1. The standard InChI is InChI=1S/C14H10Cl2OS/c1-9-2-4-11(18-9)5-7-14(17)10-3-6-12(15)13(16)8-10/h2-8H,1H3/b7-5+. The van der Waals surface area contributed by atoms with Crippen molar-refractivity contribution < 1.29 is 4.79 Å². The lowest BCUT2D eigenvalue weighted by Crippen LogP contribution is -1.93. The largest absolute Gasteiger partial charge is 0.289 e. The molecule has 0 saturated heterocycles. The fourth-order valence-corrected chi connectivity index (χ4v) is 2.52. The number of hydrogen-bond acceptors (Lipinski definition) is 2. The highest BCUT2D eigenvalue weighted by Gasteiger charge is 2.05. The fraction of sp³-hybridized carbons (Fsp3) is 0.0714. The minimum Gasteiger partial charge on any atom is -0.289 e. The highest BCUT2D eigenvalue weighted by molar-refractivity contribution is 7.12. The Balaban J connectivity index is 2.16. The number of carbonyl (C=O) groups excluding carboxylic acids is 1. The first kappa shape index (κ1) is 13.3. The average Bonchev–Trinajstić information content (AvgIpc) is 2.75. The Morgan fingerprint density at radius 1 is 1.17 bits per heavy atom. The highest BCUT2D eigenvalue weighted by atomic mass is 35.5. The fourth-order valence-electron chi connectivity index (χ4n) is 1.45. The third-order valence-corrected chi connectivity index (χ3v) is 4.07. The van der Waals surface area contributed by atoms with E-state index in [0.29, 0.717) is 15.6 Å². The Kier molecular flexibility index (Phi) is 4.23. The summed E-state index contributed by atoms with van der Waals surface area (Å²) in [6, 6.07) is 8.88. The highest BCUT2D eigenvalue weighted by Crippen LogP contribution is 2.23. The molecule has 0 saturated carbocycles. The van der Waals surface area contributed by atoms with E-state index in [0.717, 1.165) is 4.88 Å². The van der Waals surface area contributed by atoms with Crippen LogP contribution in [0.3, 0.4) is 0 Å². The second-order valence-electron chi connectivity index (χ2n) is 3.77. The summed E-state index contributed by atoms with van der Waals surface area (Å²) in [5.74, 6) is -0.0837. The number of hydrogen-bond donors (Lipinski definition) is 0. The van der Waals surface area contributed by atoms with Gasteiger partial charge in [0.1, 0.15) is 0 Å². The number of aryl methyl sites for hydroxylation is 1. The smallest absolute Gasteiger partial charge is 0.185 e. The normalized spacial score (nSPS) is 11.1. The molecule has 0 amide bonds. The van der Waals surface area contributed by atoms with Gasteiger partial charge in [0.05, 0.1) is 10.0 Å². The molecule has 0 aliphatic heterocycles. The predicted molar refractivity (Wildman–Crippen MR) is 78.9 cm³/mol. The molecule has 0 spiro atoms. The Bertz CT molecular complexity index is 614. The van der Waals surface area contributed by atoms with Crippen molar-refractivity contribution >= 4 is 46.4 Å². The zero-order chi connectivity index (χ0) is 13.1. The third kappa shape index (κ3) is 3.22. The summed E-state index contributed by atoms with van der Waals surface area (Å²) in [6.45, 7) is 2.03. The van der Waals surface area contributed by atoms with Crippen LogP contribution < -0.4 is 0 Å². The van der Waals surface area contributed by atoms with Crippen molar-refractivity contribution in [3.05, 3.63) is 61.8 Å². The van der Waals surface area contributed by atoms with Crippen molar-refractivity contribution in [1.29, 1.82) is 0 Å². The maximum Gasteiger partial charge on any atom is 0.185 e. The van der Waals surface area contributed by atoms with Gasteiger partial charge in [-0.05, 0) is 49.4 Å². The second-order valence-corrected chi connectivity index (χ2v) is 5.91. The van der Waals surface area contributed by atoms with Gasteiger partial charge in [0.2, 0.25) is 0 Å². The van der Waals surface area contributed by atoms with E-state index >= 15 is 0 Å². The van der Waals surface area contributed by atoms with Gasteiger partial charge in [0, 0.05) is 15.3 Å². The van der Waals surface area contributed by atoms with Gasteiger partial charge in [0.15, 0.2) is 5.78 Å². The number of allylic oxidation sites excluding steroid dienone is 1. The van der Waals surface area contributed by atoms with E-state index in [1.807, 2.05) is 25.1 Å². The number of carbonyl (C=O) groups is 1. The third-order valence-electron chi connectivity index (χ3n) is 2.36. The summed E-state index contributed by atoms with van der Waals surface area (Å²) < 4.78 is 0. The summed E-state index contributed by atoms with van der Waals surface area (Å²) in [5.41, 5.74) is 0.536. The summed E-state index contributed by atoms with van der Waals surface area (Å²) in [4.78, 5) is 14.2. The van der Waals surface area contributed by atoms with Crippen LogP contribution >= 0.6 is 34.5 Å². The number of ketones is 1. The minimum atomic E-state index is -0.0837. The molecule has 92 valence electrons. The zero-order valence-corrected chi connectivity index (χ0v) is 11.9. The molecule has 0 fully saturated rings. The molecule has 2 rings (SSSR count). The number of rotatable bonds is 3. The Labute approximate surface area is 120 Å². The lowest BCUT2D eigenvalue weighted by atomic mass is 10.1. The molecule has 0 N–H and O–H groups in total. The van der Waals surface area contributed by atoms with Crippen molar-refractivity contribution in [3.63, 3.8) is 0 Å². The van der Waals surface area contributed by atoms with Crippen LogP contribution in [0, 0.1) is 6.92 Å². The van der Waals surface area contributed by atoms with Crippen LogP contribution in [-0.2, 0) is 0 Å². The Morgan fingerprint density at radius 2 is 1.94 bits per heavy atom. The quantitative estimate of drug-likeness (QED) is 0.558. The molecule has 2 aromatic rings. The molecule has 1 aromatic heterocycles. The number of benzene rings is 1. The van der Waals surface area contributed by atoms with Gasteiger partial charge in [-0.25, -0.2) is 0 Å². The van der Waals surface area contributed by atoms with Gasteiger partial charge in [-0.15, -0.1) is 11.3 Å². The van der Waals surface area contributed by atoms with E-state index in [1.54, 1.807) is 35.6 Å². The van der Waals surface area contributed by atoms with E-state index in [4.69, 9.17) is 23.2 Å². The average molecular weight is 297 g/mol. The van der Waals surface area contributed by atoms with Gasteiger partial charge in [-0.1, -0.05) is 23.2 Å². The molecule has 4 heteroatoms. The molecular formula is C14H10Cl2OS. The maximum atomic E-state index is 11.9. The van der Waals surface area contributed by atoms with Crippen LogP contribution in [0.2, 0.25) is 10.0 Å². The van der Waals surface area contributed by atoms with Crippen LogP contribution in [-0.4, -0.2) is 5.78 Å². The first-order valence-electron chi connectivity index (χ1n) is 5.30. The summed E-state index contributed by atoms with van der Waals surface area (Å²) in [6.07, 6.45) is 3.35.